The smallest absolute Gasteiger partial charge is 0.230 e. The summed E-state index contributed by atoms with van der Waals surface area (Å²) in [6.07, 6.45) is -0.136. The van der Waals surface area contributed by atoms with Crippen LogP contribution in [-0.4, -0.2) is 11.1 Å². The maximum atomic E-state index is 13.7. The molecule has 0 aliphatic rings. The van der Waals surface area contributed by atoms with Crippen LogP contribution in [0, 0.1) is 17.5 Å². The summed E-state index contributed by atoms with van der Waals surface area (Å²) < 4.78 is 44.7. The second-order valence-corrected chi connectivity index (χ2v) is 5.04. The first-order valence-corrected chi connectivity index (χ1v) is 6.98. The van der Waals surface area contributed by atoms with Crippen LogP contribution in [0.3, 0.4) is 0 Å². The lowest BCUT2D eigenvalue weighted by molar-refractivity contribution is -0.115. The molecule has 122 valence electrons. The number of carbonyl (C=O) groups is 1. The van der Waals surface area contributed by atoms with Crippen LogP contribution >= 0.6 is 0 Å². The highest BCUT2D eigenvalue weighted by Gasteiger charge is 2.14. The molecule has 0 atom stereocenters. The Morgan fingerprint density at radius 2 is 1.83 bits per heavy atom. The van der Waals surface area contributed by atoms with E-state index >= 15 is 0 Å². The van der Waals surface area contributed by atoms with Gasteiger partial charge >= 0.3 is 0 Å². The number of anilines is 1. The minimum Gasteiger partial charge on any atom is -0.356 e. The summed E-state index contributed by atoms with van der Waals surface area (Å²) in [4.78, 5) is 11.9. The van der Waals surface area contributed by atoms with E-state index in [0.29, 0.717) is 5.69 Å². The molecule has 0 unspecified atom stereocenters. The van der Waals surface area contributed by atoms with Gasteiger partial charge < -0.3 is 9.84 Å². The van der Waals surface area contributed by atoms with Crippen molar-refractivity contribution in [1.82, 2.24) is 5.16 Å². The standard InChI is InChI=1S/C17H11F3N2O2/c18-10-2-1-3-12(6-10)21-17(23)9-13-8-16(24-22-13)14-5-4-11(19)7-15(14)20/h1-8H,9H2,(H,21,23). The van der Waals surface area contributed by atoms with E-state index in [4.69, 9.17) is 4.52 Å². The van der Waals surface area contributed by atoms with Gasteiger partial charge in [-0.25, -0.2) is 13.2 Å². The Morgan fingerprint density at radius 1 is 1.04 bits per heavy atom. The van der Waals surface area contributed by atoms with Gasteiger partial charge in [-0.3, -0.25) is 4.79 Å². The first-order valence-electron chi connectivity index (χ1n) is 6.98. The number of nitrogens with one attached hydrogen (secondary N) is 1. The topological polar surface area (TPSA) is 55.1 Å². The van der Waals surface area contributed by atoms with E-state index in [0.717, 1.165) is 12.1 Å². The normalized spacial score (nSPS) is 10.6. The quantitative estimate of drug-likeness (QED) is 0.787. The fourth-order valence-corrected chi connectivity index (χ4v) is 2.15. The van der Waals surface area contributed by atoms with Crippen molar-refractivity contribution in [1.29, 1.82) is 0 Å². The lowest BCUT2D eigenvalue weighted by Crippen LogP contribution is -2.14. The van der Waals surface area contributed by atoms with Crippen LogP contribution in [-0.2, 0) is 11.2 Å². The second-order valence-electron chi connectivity index (χ2n) is 5.04. The van der Waals surface area contributed by atoms with Crippen molar-refractivity contribution in [3.05, 3.63) is 71.7 Å². The zero-order chi connectivity index (χ0) is 17.1. The van der Waals surface area contributed by atoms with Crippen molar-refractivity contribution < 1.29 is 22.5 Å². The summed E-state index contributed by atoms with van der Waals surface area (Å²) in [5, 5.41) is 6.20. The van der Waals surface area contributed by atoms with Gasteiger partial charge in [-0.05, 0) is 30.3 Å². The van der Waals surface area contributed by atoms with Crippen LogP contribution < -0.4 is 5.32 Å². The molecule has 0 aliphatic heterocycles. The molecule has 0 bridgehead atoms. The van der Waals surface area contributed by atoms with Crippen LogP contribution in [0.1, 0.15) is 5.69 Å². The fraction of sp³-hybridized carbons (Fsp3) is 0.0588. The average molecular weight is 332 g/mol. The molecule has 0 saturated heterocycles. The molecule has 0 saturated carbocycles. The van der Waals surface area contributed by atoms with Gasteiger partial charge in [0.1, 0.15) is 17.5 Å². The molecule has 1 aromatic heterocycles. The molecular formula is C17H11F3N2O2. The van der Waals surface area contributed by atoms with E-state index in [9.17, 15) is 18.0 Å². The number of rotatable bonds is 4. The van der Waals surface area contributed by atoms with Gasteiger partial charge in [-0.15, -0.1) is 0 Å². The number of nitrogens with zero attached hydrogens (tertiary/aromatic N) is 1. The number of hydrogen-bond acceptors (Lipinski definition) is 3. The number of aromatic nitrogens is 1. The molecule has 1 amide bonds. The zero-order valence-corrected chi connectivity index (χ0v) is 12.2. The molecule has 1 heterocycles. The number of carbonyl (C=O) groups excluding carboxylic acids is 1. The molecule has 0 radical (unpaired) electrons. The SMILES string of the molecule is O=C(Cc1cc(-c2ccc(F)cc2F)on1)Nc1cccc(F)c1. The number of hydrogen-bond donors (Lipinski definition) is 1. The maximum Gasteiger partial charge on any atom is 0.230 e. The number of benzene rings is 2. The third-order valence-corrected chi connectivity index (χ3v) is 3.21. The van der Waals surface area contributed by atoms with Gasteiger partial charge in [0.05, 0.1) is 17.7 Å². The first-order chi connectivity index (χ1) is 11.5. The van der Waals surface area contributed by atoms with Gasteiger partial charge in [0.25, 0.3) is 0 Å². The third-order valence-electron chi connectivity index (χ3n) is 3.21. The monoisotopic (exact) mass is 332 g/mol. The molecule has 7 heteroatoms. The van der Waals surface area contributed by atoms with Gasteiger partial charge in [0.15, 0.2) is 5.76 Å². The molecular weight excluding hydrogens is 321 g/mol. The summed E-state index contributed by atoms with van der Waals surface area (Å²) in [6.45, 7) is 0. The molecule has 1 N–H and O–H groups in total. The molecule has 0 fully saturated rings. The van der Waals surface area contributed by atoms with E-state index in [1.165, 1.54) is 30.3 Å². The van der Waals surface area contributed by atoms with E-state index in [2.05, 4.69) is 10.5 Å². The Kier molecular flexibility index (Phi) is 4.33. The van der Waals surface area contributed by atoms with Crippen LogP contribution in [0.25, 0.3) is 11.3 Å². The van der Waals surface area contributed by atoms with Crippen LogP contribution in [0.4, 0.5) is 18.9 Å². The molecule has 4 nitrogen and oxygen atoms in total. The number of halogens is 3. The predicted octanol–water partition coefficient (Wildman–Crippen LogP) is 3.94. The first kappa shape index (κ1) is 15.8. The average Bonchev–Trinajstić information content (AvgIpc) is 2.95. The highest BCUT2D eigenvalue weighted by Crippen LogP contribution is 2.24. The summed E-state index contributed by atoms with van der Waals surface area (Å²) in [5.41, 5.74) is 0.622. The summed E-state index contributed by atoms with van der Waals surface area (Å²) in [5.74, 6) is -2.31. The van der Waals surface area contributed by atoms with Gasteiger partial charge in [0.2, 0.25) is 5.91 Å². The molecule has 0 aliphatic carbocycles. The van der Waals surface area contributed by atoms with Gasteiger partial charge in [-0.1, -0.05) is 11.2 Å². The van der Waals surface area contributed by atoms with Crippen LogP contribution in [0.5, 0.6) is 0 Å². The largest absolute Gasteiger partial charge is 0.356 e. The Bertz CT molecular complexity index is 893. The molecule has 3 rings (SSSR count). The van der Waals surface area contributed by atoms with Crippen molar-refractivity contribution in [3.8, 4) is 11.3 Å². The Labute approximate surface area is 134 Å². The highest BCUT2D eigenvalue weighted by molar-refractivity contribution is 5.92. The van der Waals surface area contributed by atoms with E-state index in [1.54, 1.807) is 6.07 Å². The molecule has 0 spiro atoms. The summed E-state index contributed by atoms with van der Waals surface area (Å²) >= 11 is 0. The number of amides is 1. The molecule has 24 heavy (non-hydrogen) atoms. The van der Waals surface area contributed by atoms with E-state index in [-0.39, 0.29) is 23.4 Å². The molecule has 2 aromatic carbocycles. The minimum atomic E-state index is -0.790. The predicted molar refractivity (Wildman–Crippen MR) is 80.6 cm³/mol. The van der Waals surface area contributed by atoms with Crippen LogP contribution in [0.2, 0.25) is 0 Å². The molecule has 3 aromatic rings. The Hall–Kier alpha value is -3.09. The maximum absolute atomic E-state index is 13.7. The van der Waals surface area contributed by atoms with Crippen molar-refractivity contribution in [3.63, 3.8) is 0 Å². The second kappa shape index (κ2) is 6.57. The van der Waals surface area contributed by atoms with Gasteiger partial charge in [0, 0.05) is 17.8 Å². The summed E-state index contributed by atoms with van der Waals surface area (Å²) in [7, 11) is 0. The fourth-order valence-electron chi connectivity index (χ4n) is 2.15. The Morgan fingerprint density at radius 3 is 2.58 bits per heavy atom. The lowest BCUT2D eigenvalue weighted by atomic mass is 10.1. The third kappa shape index (κ3) is 3.62. The van der Waals surface area contributed by atoms with Crippen molar-refractivity contribution >= 4 is 11.6 Å². The lowest BCUT2D eigenvalue weighted by Gasteiger charge is -2.03. The van der Waals surface area contributed by atoms with Crippen LogP contribution in [0.15, 0.2) is 53.1 Å². The Balaban J connectivity index is 1.70. The van der Waals surface area contributed by atoms with Crippen molar-refractivity contribution in [2.75, 3.05) is 5.32 Å². The minimum absolute atomic E-state index is 0.0423. The van der Waals surface area contributed by atoms with Crippen molar-refractivity contribution in [2.24, 2.45) is 0 Å². The van der Waals surface area contributed by atoms with Gasteiger partial charge in [-0.2, -0.15) is 0 Å². The van der Waals surface area contributed by atoms with E-state index in [1.807, 2.05) is 0 Å². The zero-order valence-electron chi connectivity index (χ0n) is 12.2. The van der Waals surface area contributed by atoms with E-state index < -0.39 is 23.4 Å². The van der Waals surface area contributed by atoms with Crippen molar-refractivity contribution in [2.45, 2.75) is 6.42 Å². The highest BCUT2D eigenvalue weighted by atomic mass is 19.1. The summed E-state index contributed by atoms with van der Waals surface area (Å²) in [6, 6.07) is 9.89.